The Kier molecular flexibility index (Phi) is 5.84. The number of amides is 2. The maximum atomic E-state index is 12.5. The molecule has 1 saturated heterocycles. The molecule has 1 aliphatic rings. The van der Waals surface area contributed by atoms with Crippen LogP contribution in [0.2, 0.25) is 0 Å². The molecule has 2 rings (SSSR count). The standard InChI is InChI=1S/C17H23N3O4S/c1-4-16(21)20-9-5-6-13(11-20)17(22)18-14-8-7-12(2)15(10-14)19-25(3,23)24/h4,7-8,10,13,19H,1,5-6,9,11H2,2-3H3,(H,18,22). The van der Waals surface area contributed by atoms with E-state index in [4.69, 9.17) is 0 Å². The van der Waals surface area contributed by atoms with Gasteiger partial charge in [-0.25, -0.2) is 8.42 Å². The zero-order valence-corrected chi connectivity index (χ0v) is 15.2. The van der Waals surface area contributed by atoms with E-state index in [0.717, 1.165) is 18.2 Å². The maximum Gasteiger partial charge on any atom is 0.245 e. The van der Waals surface area contributed by atoms with E-state index < -0.39 is 10.0 Å². The molecule has 0 bridgehead atoms. The van der Waals surface area contributed by atoms with Crippen molar-refractivity contribution in [3.63, 3.8) is 0 Å². The summed E-state index contributed by atoms with van der Waals surface area (Å²) in [5.74, 6) is -0.659. The van der Waals surface area contributed by atoms with Crippen molar-refractivity contribution in [3.8, 4) is 0 Å². The molecule has 0 aromatic heterocycles. The summed E-state index contributed by atoms with van der Waals surface area (Å²) in [6.45, 7) is 6.23. The first kappa shape index (κ1) is 19.0. The van der Waals surface area contributed by atoms with Crippen LogP contribution in [0.1, 0.15) is 18.4 Å². The molecule has 1 heterocycles. The number of likely N-dealkylation sites (tertiary alicyclic amines) is 1. The molecule has 1 aromatic rings. The molecule has 0 aliphatic carbocycles. The van der Waals surface area contributed by atoms with Crippen molar-refractivity contribution in [2.45, 2.75) is 19.8 Å². The maximum absolute atomic E-state index is 12.5. The van der Waals surface area contributed by atoms with Crippen LogP contribution in [0, 0.1) is 12.8 Å². The molecule has 1 aromatic carbocycles. The third kappa shape index (κ3) is 5.32. The molecule has 136 valence electrons. The van der Waals surface area contributed by atoms with E-state index in [2.05, 4.69) is 16.6 Å². The number of hydrogen-bond acceptors (Lipinski definition) is 4. The number of piperidine rings is 1. The van der Waals surface area contributed by atoms with Gasteiger partial charge in [-0.3, -0.25) is 14.3 Å². The van der Waals surface area contributed by atoms with Crippen LogP contribution in [-0.4, -0.2) is 44.5 Å². The summed E-state index contributed by atoms with van der Waals surface area (Å²) in [6.07, 6.45) is 3.79. The molecule has 1 atom stereocenters. The van der Waals surface area contributed by atoms with Crippen molar-refractivity contribution < 1.29 is 18.0 Å². The topological polar surface area (TPSA) is 95.6 Å². The zero-order valence-electron chi connectivity index (χ0n) is 14.4. The van der Waals surface area contributed by atoms with Gasteiger partial charge in [-0.1, -0.05) is 12.6 Å². The van der Waals surface area contributed by atoms with E-state index in [1.54, 1.807) is 30.0 Å². The molecular formula is C17H23N3O4S. The summed E-state index contributed by atoms with van der Waals surface area (Å²) in [7, 11) is -3.40. The Morgan fingerprint density at radius 3 is 2.72 bits per heavy atom. The summed E-state index contributed by atoms with van der Waals surface area (Å²) in [5, 5.41) is 2.80. The number of rotatable bonds is 5. The molecule has 8 heteroatoms. The second kappa shape index (κ2) is 7.69. The molecule has 0 spiro atoms. The van der Waals surface area contributed by atoms with Crippen molar-refractivity contribution in [2.24, 2.45) is 5.92 Å². The van der Waals surface area contributed by atoms with Gasteiger partial charge in [0, 0.05) is 18.8 Å². The zero-order chi connectivity index (χ0) is 18.6. The van der Waals surface area contributed by atoms with Crippen LogP contribution < -0.4 is 10.0 Å². The SMILES string of the molecule is C=CC(=O)N1CCCC(C(=O)Nc2ccc(C)c(NS(C)(=O)=O)c2)C1. The van der Waals surface area contributed by atoms with Gasteiger partial charge >= 0.3 is 0 Å². The van der Waals surface area contributed by atoms with Crippen LogP contribution in [-0.2, 0) is 19.6 Å². The van der Waals surface area contributed by atoms with Crippen molar-refractivity contribution in [1.29, 1.82) is 0 Å². The fourth-order valence-corrected chi connectivity index (χ4v) is 3.39. The minimum absolute atomic E-state index is 0.174. The number of aryl methyl sites for hydroxylation is 1. The third-order valence-corrected chi connectivity index (χ3v) is 4.67. The predicted octanol–water partition coefficient (Wildman–Crippen LogP) is 1.73. The first-order valence-electron chi connectivity index (χ1n) is 8.00. The molecule has 7 nitrogen and oxygen atoms in total. The Labute approximate surface area is 148 Å². The lowest BCUT2D eigenvalue weighted by Crippen LogP contribution is -2.43. The van der Waals surface area contributed by atoms with Crippen LogP contribution in [0.25, 0.3) is 0 Å². The highest BCUT2D eigenvalue weighted by molar-refractivity contribution is 7.92. The lowest BCUT2D eigenvalue weighted by Gasteiger charge is -2.31. The Bertz CT molecular complexity index is 789. The van der Waals surface area contributed by atoms with E-state index in [9.17, 15) is 18.0 Å². The van der Waals surface area contributed by atoms with Gasteiger partial charge in [0.05, 0.1) is 17.9 Å². The van der Waals surface area contributed by atoms with Gasteiger partial charge in [-0.05, 0) is 43.5 Å². The Morgan fingerprint density at radius 2 is 2.08 bits per heavy atom. The second-order valence-corrected chi connectivity index (χ2v) is 7.97. The number of nitrogens with one attached hydrogen (secondary N) is 2. The summed E-state index contributed by atoms with van der Waals surface area (Å²) in [6, 6.07) is 5.04. The molecular weight excluding hydrogens is 342 g/mol. The van der Waals surface area contributed by atoms with E-state index in [0.29, 0.717) is 30.9 Å². The molecule has 2 N–H and O–H groups in total. The van der Waals surface area contributed by atoms with Crippen molar-refractivity contribution in [1.82, 2.24) is 4.90 Å². The molecule has 1 fully saturated rings. The monoisotopic (exact) mass is 365 g/mol. The molecule has 1 unspecified atom stereocenters. The summed E-state index contributed by atoms with van der Waals surface area (Å²) < 4.78 is 25.3. The lowest BCUT2D eigenvalue weighted by atomic mass is 9.97. The number of carbonyl (C=O) groups is 2. The van der Waals surface area contributed by atoms with Crippen LogP contribution in [0.5, 0.6) is 0 Å². The highest BCUT2D eigenvalue weighted by Gasteiger charge is 2.27. The van der Waals surface area contributed by atoms with Crippen molar-refractivity contribution in [2.75, 3.05) is 29.4 Å². The quantitative estimate of drug-likeness (QED) is 0.777. The second-order valence-electron chi connectivity index (χ2n) is 6.22. The average Bonchev–Trinajstić information content (AvgIpc) is 2.56. The lowest BCUT2D eigenvalue weighted by molar-refractivity contribution is -0.130. The van der Waals surface area contributed by atoms with Crippen molar-refractivity contribution in [3.05, 3.63) is 36.4 Å². The van der Waals surface area contributed by atoms with Gasteiger partial charge < -0.3 is 10.2 Å². The highest BCUT2D eigenvalue weighted by Crippen LogP contribution is 2.23. The smallest absolute Gasteiger partial charge is 0.245 e. The number of sulfonamides is 1. The molecule has 0 saturated carbocycles. The van der Waals surface area contributed by atoms with Crippen LogP contribution in [0.4, 0.5) is 11.4 Å². The first-order valence-corrected chi connectivity index (χ1v) is 9.89. The highest BCUT2D eigenvalue weighted by atomic mass is 32.2. The van der Waals surface area contributed by atoms with E-state index >= 15 is 0 Å². The number of hydrogen-bond donors (Lipinski definition) is 2. The molecule has 2 amide bonds. The number of anilines is 2. The fourth-order valence-electron chi connectivity index (χ4n) is 2.77. The predicted molar refractivity (Wildman–Crippen MR) is 97.8 cm³/mol. The largest absolute Gasteiger partial charge is 0.338 e. The van der Waals surface area contributed by atoms with Crippen molar-refractivity contribution >= 4 is 33.2 Å². The Hall–Kier alpha value is -2.35. The number of carbonyl (C=O) groups excluding carboxylic acids is 2. The van der Waals surface area contributed by atoms with Gasteiger partial charge in [-0.15, -0.1) is 0 Å². The molecule has 25 heavy (non-hydrogen) atoms. The molecule has 1 aliphatic heterocycles. The minimum Gasteiger partial charge on any atom is -0.338 e. The van der Waals surface area contributed by atoms with Gasteiger partial charge in [0.2, 0.25) is 21.8 Å². The Balaban J connectivity index is 2.08. The van der Waals surface area contributed by atoms with E-state index in [1.807, 2.05) is 0 Å². The number of nitrogens with zero attached hydrogens (tertiary/aromatic N) is 1. The van der Waals surface area contributed by atoms with Gasteiger partial charge in [0.25, 0.3) is 0 Å². The summed E-state index contributed by atoms with van der Waals surface area (Å²) in [4.78, 5) is 25.8. The van der Waals surface area contributed by atoms with Gasteiger partial charge in [0.1, 0.15) is 0 Å². The van der Waals surface area contributed by atoms with Crippen LogP contribution >= 0.6 is 0 Å². The fraction of sp³-hybridized carbons (Fsp3) is 0.412. The van der Waals surface area contributed by atoms with E-state index in [-0.39, 0.29) is 17.7 Å². The average molecular weight is 365 g/mol. The van der Waals surface area contributed by atoms with E-state index in [1.165, 1.54) is 6.08 Å². The number of benzene rings is 1. The summed E-state index contributed by atoms with van der Waals surface area (Å²) in [5.41, 5.74) is 1.69. The van der Waals surface area contributed by atoms with Gasteiger partial charge in [-0.2, -0.15) is 0 Å². The minimum atomic E-state index is -3.40. The van der Waals surface area contributed by atoms with Crippen LogP contribution in [0.15, 0.2) is 30.9 Å². The van der Waals surface area contributed by atoms with Crippen LogP contribution in [0.3, 0.4) is 0 Å². The normalized spacial score (nSPS) is 17.7. The molecule has 0 radical (unpaired) electrons. The Morgan fingerprint density at radius 1 is 1.36 bits per heavy atom. The first-order chi connectivity index (χ1) is 11.7. The summed E-state index contributed by atoms with van der Waals surface area (Å²) >= 11 is 0. The van der Waals surface area contributed by atoms with Gasteiger partial charge in [0.15, 0.2) is 0 Å². The third-order valence-electron chi connectivity index (χ3n) is 4.08.